The Balaban J connectivity index is 2.68. The zero-order chi connectivity index (χ0) is 13.5. The van der Waals surface area contributed by atoms with E-state index < -0.39 is 6.09 Å². The summed E-state index contributed by atoms with van der Waals surface area (Å²) in [5.74, 6) is 0. The van der Waals surface area contributed by atoms with Crippen LogP contribution in [0.1, 0.15) is 12.5 Å². The van der Waals surface area contributed by atoms with Crippen LogP contribution in [0.2, 0.25) is 5.02 Å². The summed E-state index contributed by atoms with van der Waals surface area (Å²) in [7, 11) is 3.86. The van der Waals surface area contributed by atoms with E-state index in [0.29, 0.717) is 11.6 Å². The number of nitrogens with zero attached hydrogens (tertiary/aromatic N) is 2. The van der Waals surface area contributed by atoms with Gasteiger partial charge in [0.15, 0.2) is 0 Å². The second-order valence-corrected chi connectivity index (χ2v) is 4.10. The molecule has 0 bridgehead atoms. The van der Waals surface area contributed by atoms with E-state index in [2.05, 4.69) is 15.3 Å². The van der Waals surface area contributed by atoms with Crippen molar-refractivity contribution in [2.24, 2.45) is 5.10 Å². The minimum absolute atomic E-state index is 0.305. The molecule has 0 radical (unpaired) electrons. The van der Waals surface area contributed by atoms with Crippen molar-refractivity contribution in [3.8, 4) is 0 Å². The van der Waals surface area contributed by atoms with Gasteiger partial charge in [0.05, 0.1) is 17.8 Å². The molecule has 0 saturated carbocycles. The first-order chi connectivity index (χ1) is 8.54. The highest BCUT2D eigenvalue weighted by Gasteiger charge is 2.02. The molecule has 1 N–H and O–H groups in total. The maximum atomic E-state index is 11.0. The Kier molecular flexibility index (Phi) is 5.45. The SMILES string of the molecule is CCOC(=O)N/N=C/c1ccc(N(C)C)cc1Cl. The third-order valence-electron chi connectivity index (χ3n) is 2.14. The molecule has 0 unspecified atom stereocenters. The van der Waals surface area contributed by atoms with Crippen molar-refractivity contribution in [2.75, 3.05) is 25.6 Å². The molecule has 0 aliphatic heterocycles. The standard InChI is InChI=1S/C12H16ClN3O2/c1-4-18-12(17)15-14-8-9-5-6-10(16(2)3)7-11(9)13/h5-8H,4H2,1-3H3,(H,15,17)/b14-8+. The quantitative estimate of drug-likeness (QED) is 0.675. The zero-order valence-corrected chi connectivity index (χ0v) is 11.4. The van der Waals surface area contributed by atoms with E-state index in [1.807, 2.05) is 37.2 Å². The normalized spacial score (nSPS) is 10.4. The monoisotopic (exact) mass is 269 g/mol. The lowest BCUT2D eigenvalue weighted by molar-refractivity contribution is 0.152. The number of halogens is 1. The fourth-order valence-corrected chi connectivity index (χ4v) is 1.44. The summed E-state index contributed by atoms with van der Waals surface area (Å²) in [4.78, 5) is 12.9. The van der Waals surface area contributed by atoms with E-state index in [4.69, 9.17) is 11.6 Å². The van der Waals surface area contributed by atoms with Crippen LogP contribution in [0.25, 0.3) is 0 Å². The van der Waals surface area contributed by atoms with Gasteiger partial charge < -0.3 is 9.64 Å². The molecule has 0 heterocycles. The van der Waals surface area contributed by atoms with E-state index in [1.54, 1.807) is 6.92 Å². The lowest BCUT2D eigenvalue weighted by Crippen LogP contribution is -2.18. The maximum absolute atomic E-state index is 11.0. The number of carbonyl (C=O) groups is 1. The third kappa shape index (κ3) is 4.25. The van der Waals surface area contributed by atoms with E-state index in [1.165, 1.54) is 6.21 Å². The number of rotatable bonds is 4. The Morgan fingerprint density at radius 3 is 2.83 bits per heavy atom. The van der Waals surface area contributed by atoms with Gasteiger partial charge in [-0.2, -0.15) is 5.10 Å². The van der Waals surface area contributed by atoms with E-state index in [-0.39, 0.29) is 0 Å². The van der Waals surface area contributed by atoms with Crippen molar-refractivity contribution in [3.05, 3.63) is 28.8 Å². The van der Waals surface area contributed by atoms with Crippen LogP contribution in [-0.2, 0) is 4.74 Å². The molecular weight excluding hydrogens is 254 g/mol. The molecule has 0 aromatic heterocycles. The topological polar surface area (TPSA) is 53.9 Å². The second kappa shape index (κ2) is 6.86. The van der Waals surface area contributed by atoms with Gasteiger partial charge in [-0.1, -0.05) is 11.6 Å². The fourth-order valence-electron chi connectivity index (χ4n) is 1.22. The fraction of sp³-hybridized carbons (Fsp3) is 0.333. The highest BCUT2D eigenvalue weighted by Crippen LogP contribution is 2.21. The number of hydrazone groups is 1. The Hall–Kier alpha value is -1.75. The van der Waals surface area contributed by atoms with Crippen LogP contribution in [0.3, 0.4) is 0 Å². The molecule has 1 rings (SSSR count). The summed E-state index contributed by atoms with van der Waals surface area (Å²) in [5, 5.41) is 4.31. The number of ether oxygens (including phenoxy) is 1. The summed E-state index contributed by atoms with van der Waals surface area (Å²) in [6.45, 7) is 2.03. The smallest absolute Gasteiger partial charge is 0.427 e. The molecule has 1 aromatic rings. The average molecular weight is 270 g/mol. The number of anilines is 1. The number of hydrogen-bond donors (Lipinski definition) is 1. The maximum Gasteiger partial charge on any atom is 0.427 e. The van der Waals surface area contributed by atoms with Crippen molar-refractivity contribution in [1.29, 1.82) is 0 Å². The number of benzene rings is 1. The van der Waals surface area contributed by atoms with Gasteiger partial charge in [-0.3, -0.25) is 0 Å². The molecule has 18 heavy (non-hydrogen) atoms. The van der Waals surface area contributed by atoms with E-state index in [9.17, 15) is 4.79 Å². The molecule has 0 atom stereocenters. The molecule has 1 amide bonds. The van der Waals surface area contributed by atoms with Crippen molar-refractivity contribution >= 4 is 29.6 Å². The van der Waals surface area contributed by atoms with Gasteiger partial charge in [-0.25, -0.2) is 10.2 Å². The van der Waals surface area contributed by atoms with Crippen LogP contribution in [0.15, 0.2) is 23.3 Å². The van der Waals surface area contributed by atoms with Gasteiger partial charge in [0, 0.05) is 25.3 Å². The molecule has 6 heteroatoms. The van der Waals surface area contributed by atoms with Crippen LogP contribution in [0, 0.1) is 0 Å². The second-order valence-electron chi connectivity index (χ2n) is 3.69. The van der Waals surface area contributed by atoms with Crippen molar-refractivity contribution in [3.63, 3.8) is 0 Å². The highest BCUT2D eigenvalue weighted by molar-refractivity contribution is 6.33. The molecule has 0 spiro atoms. The Labute approximate surface area is 111 Å². The van der Waals surface area contributed by atoms with Gasteiger partial charge in [-0.05, 0) is 25.1 Å². The molecule has 0 aliphatic carbocycles. The predicted octanol–water partition coefficient (Wildman–Crippen LogP) is 2.49. The number of carbonyl (C=O) groups excluding carboxylic acids is 1. The lowest BCUT2D eigenvalue weighted by atomic mass is 10.2. The van der Waals surface area contributed by atoms with E-state index >= 15 is 0 Å². The summed E-state index contributed by atoms with van der Waals surface area (Å²) in [6, 6.07) is 5.57. The van der Waals surface area contributed by atoms with E-state index in [0.717, 1.165) is 11.3 Å². The first-order valence-corrected chi connectivity index (χ1v) is 5.85. The van der Waals surface area contributed by atoms with Crippen LogP contribution in [0.4, 0.5) is 10.5 Å². The van der Waals surface area contributed by atoms with Gasteiger partial charge in [0.2, 0.25) is 0 Å². The Bertz CT molecular complexity index is 447. The molecule has 0 aliphatic rings. The summed E-state index contributed by atoms with van der Waals surface area (Å²) in [6.07, 6.45) is 0.883. The lowest BCUT2D eigenvalue weighted by Gasteiger charge is -2.12. The minimum atomic E-state index is -0.588. The number of nitrogens with one attached hydrogen (secondary N) is 1. The van der Waals surface area contributed by atoms with Gasteiger partial charge in [-0.15, -0.1) is 0 Å². The molecule has 1 aromatic carbocycles. The van der Waals surface area contributed by atoms with Crippen LogP contribution >= 0.6 is 11.6 Å². The zero-order valence-electron chi connectivity index (χ0n) is 10.6. The Morgan fingerprint density at radius 1 is 1.56 bits per heavy atom. The van der Waals surface area contributed by atoms with Crippen molar-refractivity contribution in [1.82, 2.24) is 5.43 Å². The van der Waals surface area contributed by atoms with Crippen molar-refractivity contribution in [2.45, 2.75) is 6.92 Å². The van der Waals surface area contributed by atoms with Gasteiger partial charge >= 0.3 is 6.09 Å². The highest BCUT2D eigenvalue weighted by atomic mass is 35.5. The average Bonchev–Trinajstić information content (AvgIpc) is 2.31. The first-order valence-electron chi connectivity index (χ1n) is 5.47. The summed E-state index contributed by atoms with van der Waals surface area (Å²) < 4.78 is 4.66. The largest absolute Gasteiger partial charge is 0.449 e. The van der Waals surface area contributed by atoms with Gasteiger partial charge in [0.1, 0.15) is 0 Å². The Morgan fingerprint density at radius 2 is 2.28 bits per heavy atom. The predicted molar refractivity (Wildman–Crippen MR) is 73.5 cm³/mol. The molecule has 0 saturated heterocycles. The third-order valence-corrected chi connectivity index (χ3v) is 2.46. The van der Waals surface area contributed by atoms with Crippen molar-refractivity contribution < 1.29 is 9.53 Å². The molecule has 5 nitrogen and oxygen atoms in total. The summed E-state index contributed by atoms with van der Waals surface area (Å²) in [5.41, 5.74) is 3.95. The molecular formula is C12H16ClN3O2. The van der Waals surface area contributed by atoms with Crippen LogP contribution < -0.4 is 10.3 Å². The first kappa shape index (κ1) is 14.3. The molecule has 98 valence electrons. The minimum Gasteiger partial charge on any atom is -0.449 e. The molecule has 0 fully saturated rings. The number of hydrogen-bond acceptors (Lipinski definition) is 4. The van der Waals surface area contributed by atoms with Crippen LogP contribution in [-0.4, -0.2) is 33.0 Å². The summed E-state index contributed by atoms with van der Waals surface area (Å²) >= 11 is 6.09. The van der Waals surface area contributed by atoms with Gasteiger partial charge in [0.25, 0.3) is 0 Å². The van der Waals surface area contributed by atoms with Crippen LogP contribution in [0.5, 0.6) is 0 Å². The number of amides is 1.